The molecule has 0 aromatic heterocycles. The average Bonchev–Trinajstić information content (AvgIpc) is 2.37. The van der Waals surface area contributed by atoms with Crippen LogP contribution in [-0.2, 0) is 4.79 Å². The van der Waals surface area contributed by atoms with Crippen LogP contribution in [0.2, 0.25) is 0 Å². The smallest absolute Gasteiger partial charge is 0.323 e. The molecule has 0 aliphatic heterocycles. The second kappa shape index (κ2) is 7.22. The maximum absolute atomic E-state index is 12.0. The molecule has 0 aliphatic rings. The molecule has 21 heavy (non-hydrogen) atoms. The van der Waals surface area contributed by atoms with Crippen LogP contribution in [0.4, 0.5) is 16.2 Å². The zero-order chi connectivity index (χ0) is 16.0. The number of hydrogen-bond donors (Lipinski definition) is 2. The van der Waals surface area contributed by atoms with Crippen molar-refractivity contribution in [1.29, 1.82) is 0 Å². The van der Waals surface area contributed by atoms with E-state index in [0.717, 1.165) is 4.90 Å². The Kier molecular flexibility index (Phi) is 5.65. The number of nitro benzene ring substituents is 1. The number of anilines is 1. The summed E-state index contributed by atoms with van der Waals surface area (Å²) in [6.07, 6.45) is 0. The van der Waals surface area contributed by atoms with Crippen LogP contribution in [-0.4, -0.2) is 40.0 Å². The van der Waals surface area contributed by atoms with Gasteiger partial charge >= 0.3 is 12.0 Å². The van der Waals surface area contributed by atoms with Gasteiger partial charge in [-0.25, -0.2) is 4.79 Å². The Bertz CT molecular complexity index is 544. The number of nitrogens with one attached hydrogen (secondary N) is 1. The van der Waals surface area contributed by atoms with Gasteiger partial charge in [-0.15, -0.1) is 0 Å². The monoisotopic (exact) mass is 295 g/mol. The molecule has 0 aliphatic carbocycles. The van der Waals surface area contributed by atoms with E-state index in [1.54, 1.807) is 0 Å². The maximum Gasteiger partial charge on any atom is 0.323 e. The van der Waals surface area contributed by atoms with Crippen molar-refractivity contribution in [2.45, 2.75) is 13.8 Å². The quantitative estimate of drug-likeness (QED) is 0.616. The van der Waals surface area contributed by atoms with E-state index in [1.165, 1.54) is 24.3 Å². The van der Waals surface area contributed by atoms with E-state index in [1.807, 2.05) is 13.8 Å². The third-order valence-corrected chi connectivity index (χ3v) is 2.51. The van der Waals surface area contributed by atoms with Crippen LogP contribution in [0.5, 0.6) is 0 Å². The molecule has 0 spiro atoms. The van der Waals surface area contributed by atoms with Crippen LogP contribution in [0.25, 0.3) is 0 Å². The lowest BCUT2D eigenvalue weighted by Gasteiger charge is -2.23. The molecule has 1 rings (SSSR count). The van der Waals surface area contributed by atoms with Crippen molar-refractivity contribution < 1.29 is 19.6 Å². The fourth-order valence-corrected chi connectivity index (χ4v) is 1.72. The number of nitro groups is 1. The summed E-state index contributed by atoms with van der Waals surface area (Å²) in [5.74, 6) is -1.02. The number of rotatable bonds is 6. The van der Waals surface area contributed by atoms with Crippen molar-refractivity contribution in [2.24, 2.45) is 5.92 Å². The van der Waals surface area contributed by atoms with E-state index < -0.39 is 23.5 Å². The number of aliphatic carboxylic acids is 1. The fraction of sp³-hybridized carbons (Fsp3) is 0.385. The number of carbonyl (C=O) groups is 2. The Morgan fingerprint density at radius 1 is 1.43 bits per heavy atom. The number of carbonyl (C=O) groups excluding carboxylic acids is 1. The number of carboxylic acids is 1. The first kappa shape index (κ1) is 16.4. The summed E-state index contributed by atoms with van der Waals surface area (Å²) in [7, 11) is 0. The standard InChI is InChI=1S/C13H17N3O5/c1-9(2)7-15(8-12(17)18)13(19)14-10-4-3-5-11(6-10)16(20)21/h3-6,9H,7-8H2,1-2H3,(H,14,19)(H,17,18). The number of benzene rings is 1. The van der Waals surface area contributed by atoms with Gasteiger partial charge in [0.25, 0.3) is 5.69 Å². The molecule has 0 fully saturated rings. The van der Waals surface area contributed by atoms with Crippen LogP contribution in [0, 0.1) is 16.0 Å². The zero-order valence-corrected chi connectivity index (χ0v) is 11.8. The lowest BCUT2D eigenvalue weighted by atomic mass is 10.2. The van der Waals surface area contributed by atoms with Crippen molar-refractivity contribution in [2.75, 3.05) is 18.4 Å². The van der Waals surface area contributed by atoms with Crippen LogP contribution in [0.3, 0.4) is 0 Å². The van der Waals surface area contributed by atoms with Crippen molar-refractivity contribution in [3.8, 4) is 0 Å². The first-order valence-corrected chi connectivity index (χ1v) is 6.31. The van der Waals surface area contributed by atoms with Crippen LogP contribution >= 0.6 is 0 Å². The Hall–Kier alpha value is -2.64. The maximum atomic E-state index is 12.0. The number of carboxylic acid groups (broad SMARTS) is 1. The van der Waals surface area contributed by atoms with Gasteiger partial charge in [0.15, 0.2) is 0 Å². The molecule has 114 valence electrons. The van der Waals surface area contributed by atoms with Gasteiger partial charge in [0.2, 0.25) is 0 Å². The van der Waals surface area contributed by atoms with E-state index in [9.17, 15) is 19.7 Å². The average molecular weight is 295 g/mol. The second-order valence-corrected chi connectivity index (χ2v) is 4.91. The summed E-state index contributed by atoms with van der Waals surface area (Å²) in [6, 6.07) is 4.86. The Morgan fingerprint density at radius 2 is 2.10 bits per heavy atom. The normalized spacial score (nSPS) is 10.2. The van der Waals surface area contributed by atoms with E-state index in [4.69, 9.17) is 5.11 Å². The molecule has 0 unspecified atom stereocenters. The zero-order valence-electron chi connectivity index (χ0n) is 11.8. The summed E-state index contributed by atoms with van der Waals surface area (Å²) >= 11 is 0. The predicted octanol–water partition coefficient (Wildman–Crippen LogP) is 2.17. The minimum atomic E-state index is -1.12. The largest absolute Gasteiger partial charge is 0.480 e. The van der Waals surface area contributed by atoms with Gasteiger partial charge in [0, 0.05) is 24.4 Å². The molecule has 8 nitrogen and oxygen atoms in total. The topological polar surface area (TPSA) is 113 Å². The third-order valence-electron chi connectivity index (χ3n) is 2.51. The lowest BCUT2D eigenvalue weighted by molar-refractivity contribution is -0.384. The van der Waals surface area contributed by atoms with E-state index in [2.05, 4.69) is 5.32 Å². The second-order valence-electron chi connectivity index (χ2n) is 4.91. The number of non-ortho nitro benzene ring substituents is 1. The molecular formula is C13H17N3O5. The summed E-state index contributed by atoms with van der Waals surface area (Å²) in [6.45, 7) is 3.55. The molecular weight excluding hydrogens is 278 g/mol. The van der Waals surface area contributed by atoms with E-state index in [0.29, 0.717) is 0 Å². The molecule has 0 heterocycles. The lowest BCUT2D eigenvalue weighted by Crippen LogP contribution is -2.40. The SMILES string of the molecule is CC(C)CN(CC(=O)O)C(=O)Nc1cccc([N+](=O)[O-])c1. The number of nitrogens with zero attached hydrogens (tertiary/aromatic N) is 2. The van der Waals surface area contributed by atoms with E-state index in [-0.39, 0.29) is 23.8 Å². The first-order valence-electron chi connectivity index (χ1n) is 6.31. The molecule has 2 N–H and O–H groups in total. The fourth-order valence-electron chi connectivity index (χ4n) is 1.72. The van der Waals surface area contributed by atoms with Gasteiger partial charge < -0.3 is 15.3 Å². The van der Waals surface area contributed by atoms with Gasteiger partial charge in [-0.3, -0.25) is 14.9 Å². The summed E-state index contributed by atoms with van der Waals surface area (Å²) in [5, 5.41) is 22.0. The highest BCUT2D eigenvalue weighted by molar-refractivity contribution is 5.91. The van der Waals surface area contributed by atoms with Gasteiger partial charge in [-0.1, -0.05) is 19.9 Å². The Labute approximate surface area is 121 Å². The summed E-state index contributed by atoms with van der Waals surface area (Å²) in [5.41, 5.74) is 0.0924. The van der Waals surface area contributed by atoms with Crippen molar-refractivity contribution in [1.82, 2.24) is 4.90 Å². The first-order chi connectivity index (χ1) is 9.79. The molecule has 0 atom stereocenters. The summed E-state index contributed by atoms with van der Waals surface area (Å²) in [4.78, 5) is 34.1. The van der Waals surface area contributed by atoms with Gasteiger partial charge in [0.05, 0.1) is 4.92 Å². The minimum absolute atomic E-state index is 0.0974. The molecule has 8 heteroatoms. The van der Waals surface area contributed by atoms with Gasteiger partial charge in [-0.05, 0) is 12.0 Å². The highest BCUT2D eigenvalue weighted by Crippen LogP contribution is 2.17. The molecule has 0 bridgehead atoms. The van der Waals surface area contributed by atoms with Crippen molar-refractivity contribution in [3.63, 3.8) is 0 Å². The predicted molar refractivity (Wildman–Crippen MR) is 76.2 cm³/mol. The Morgan fingerprint density at radius 3 is 2.62 bits per heavy atom. The van der Waals surface area contributed by atoms with Crippen LogP contribution in [0.1, 0.15) is 13.8 Å². The number of urea groups is 1. The van der Waals surface area contributed by atoms with Crippen molar-refractivity contribution >= 4 is 23.4 Å². The minimum Gasteiger partial charge on any atom is -0.480 e. The van der Waals surface area contributed by atoms with E-state index >= 15 is 0 Å². The molecule has 0 saturated carbocycles. The van der Waals surface area contributed by atoms with Crippen LogP contribution < -0.4 is 5.32 Å². The third kappa shape index (κ3) is 5.47. The molecule has 0 radical (unpaired) electrons. The number of amides is 2. The highest BCUT2D eigenvalue weighted by atomic mass is 16.6. The number of hydrogen-bond acceptors (Lipinski definition) is 4. The molecule has 1 aromatic rings. The van der Waals surface area contributed by atoms with Crippen molar-refractivity contribution in [3.05, 3.63) is 34.4 Å². The van der Waals surface area contributed by atoms with Crippen LogP contribution in [0.15, 0.2) is 24.3 Å². The van der Waals surface area contributed by atoms with Gasteiger partial charge in [0.1, 0.15) is 6.54 Å². The highest BCUT2D eigenvalue weighted by Gasteiger charge is 2.18. The Balaban J connectivity index is 2.82. The molecule has 0 saturated heterocycles. The summed E-state index contributed by atoms with van der Waals surface area (Å²) < 4.78 is 0. The molecule has 1 aromatic carbocycles. The van der Waals surface area contributed by atoms with Gasteiger partial charge in [-0.2, -0.15) is 0 Å². The molecule has 2 amide bonds.